The van der Waals surface area contributed by atoms with Gasteiger partial charge in [0.1, 0.15) is 29.6 Å². The number of nitrogens with zero attached hydrogens (tertiary/aromatic N) is 1. The fourth-order valence-corrected chi connectivity index (χ4v) is 9.99. The molecular weight excluding hydrogens is 568 g/mol. The van der Waals surface area contributed by atoms with E-state index >= 15 is 0 Å². The van der Waals surface area contributed by atoms with E-state index in [0.717, 1.165) is 25.7 Å². The number of hydrogen-bond acceptors (Lipinski definition) is 6. The van der Waals surface area contributed by atoms with Crippen molar-refractivity contribution in [3.63, 3.8) is 0 Å². The van der Waals surface area contributed by atoms with Crippen LogP contribution in [0.3, 0.4) is 0 Å². The summed E-state index contributed by atoms with van der Waals surface area (Å²) in [6.07, 6.45) is 7.57. The standard InChI is InChI=1S/C33H38N2O7S/c36-27-19-33(16-4-5-17-33)20-28(37)29(27)22-10-8-21(9-11-22)18-26(32(39)40)34-31(38)30-23-12-14-24(15-13-23)35(30)43(41,42)25-6-2-1-3-7-25/h1-3,6-11,23-24,26,29-30H,4-5,12-20H2,(H,34,38)(H,39,40). The van der Waals surface area contributed by atoms with E-state index in [1.165, 1.54) is 16.4 Å². The predicted octanol–water partition coefficient (Wildman–Crippen LogP) is 4.01. The lowest BCUT2D eigenvalue weighted by Crippen LogP contribution is -2.63. The minimum atomic E-state index is -3.96. The maximum Gasteiger partial charge on any atom is 0.326 e. The van der Waals surface area contributed by atoms with Crippen LogP contribution in [0.4, 0.5) is 0 Å². The maximum atomic E-state index is 13.7. The van der Waals surface area contributed by atoms with Gasteiger partial charge >= 0.3 is 5.97 Å². The van der Waals surface area contributed by atoms with Gasteiger partial charge in [0, 0.05) is 25.3 Å². The fourth-order valence-electron chi connectivity index (χ4n) is 8.07. The molecule has 2 saturated heterocycles. The molecule has 2 aromatic rings. The van der Waals surface area contributed by atoms with Gasteiger partial charge in [0.15, 0.2) is 0 Å². The van der Waals surface area contributed by atoms with Gasteiger partial charge in [-0.25, -0.2) is 13.2 Å². The molecule has 5 fully saturated rings. The molecular formula is C33H38N2O7S. The van der Waals surface area contributed by atoms with Gasteiger partial charge in [-0.05, 0) is 73.1 Å². The van der Waals surface area contributed by atoms with Gasteiger partial charge in [-0.2, -0.15) is 4.31 Å². The normalized spacial score (nSPS) is 26.5. The van der Waals surface area contributed by atoms with Crippen LogP contribution in [0.2, 0.25) is 0 Å². The molecule has 2 aromatic carbocycles. The molecule has 3 saturated carbocycles. The third kappa shape index (κ3) is 5.67. The predicted molar refractivity (Wildman–Crippen MR) is 158 cm³/mol. The third-order valence-electron chi connectivity index (χ3n) is 10.2. The van der Waals surface area contributed by atoms with E-state index in [4.69, 9.17) is 0 Å². The molecule has 1 spiro atoms. The number of piperidine rings is 2. The minimum absolute atomic E-state index is 0.0245. The summed E-state index contributed by atoms with van der Waals surface area (Å²) in [4.78, 5) is 52.1. The molecule has 2 aliphatic heterocycles. The van der Waals surface area contributed by atoms with Crippen molar-refractivity contribution in [3.8, 4) is 0 Å². The van der Waals surface area contributed by atoms with E-state index in [0.29, 0.717) is 49.7 Å². The number of carboxylic acid groups (broad SMARTS) is 1. The Morgan fingerprint density at radius 1 is 0.907 bits per heavy atom. The number of aliphatic carboxylic acids is 1. The smallest absolute Gasteiger partial charge is 0.326 e. The van der Waals surface area contributed by atoms with Crippen molar-refractivity contribution in [2.45, 2.75) is 99.6 Å². The Labute approximate surface area is 252 Å². The van der Waals surface area contributed by atoms with E-state index in [-0.39, 0.29) is 40.3 Å². The number of fused-ring (bicyclic) bond motifs is 3. The molecule has 0 aromatic heterocycles. The second kappa shape index (κ2) is 11.6. The Bertz CT molecular complexity index is 1490. The minimum Gasteiger partial charge on any atom is -0.480 e. The molecule has 3 aliphatic carbocycles. The van der Waals surface area contributed by atoms with Crippen LogP contribution < -0.4 is 5.32 Å². The topological polar surface area (TPSA) is 138 Å². The number of carbonyl (C=O) groups is 4. The highest BCUT2D eigenvalue weighted by molar-refractivity contribution is 7.89. The highest BCUT2D eigenvalue weighted by Gasteiger charge is 2.51. The van der Waals surface area contributed by atoms with Gasteiger partial charge in [0.2, 0.25) is 15.9 Å². The summed E-state index contributed by atoms with van der Waals surface area (Å²) in [6.45, 7) is 0. The van der Waals surface area contributed by atoms with Gasteiger partial charge in [0.05, 0.1) is 4.90 Å². The summed E-state index contributed by atoms with van der Waals surface area (Å²) in [5.74, 6) is -2.88. The van der Waals surface area contributed by atoms with Crippen LogP contribution >= 0.6 is 0 Å². The van der Waals surface area contributed by atoms with Crippen molar-refractivity contribution < 1.29 is 32.7 Å². The molecule has 1 amide bonds. The number of hydrogen-bond donors (Lipinski definition) is 2. The molecule has 228 valence electrons. The Morgan fingerprint density at radius 2 is 1.51 bits per heavy atom. The van der Waals surface area contributed by atoms with Crippen LogP contribution in [-0.4, -0.2) is 59.4 Å². The molecule has 9 nitrogen and oxygen atoms in total. The average molecular weight is 607 g/mol. The van der Waals surface area contributed by atoms with Gasteiger partial charge in [-0.15, -0.1) is 0 Å². The van der Waals surface area contributed by atoms with E-state index in [1.54, 1.807) is 42.5 Å². The zero-order chi connectivity index (χ0) is 30.4. The molecule has 10 heteroatoms. The molecule has 2 heterocycles. The van der Waals surface area contributed by atoms with Gasteiger partial charge in [-0.1, -0.05) is 55.3 Å². The second-order valence-electron chi connectivity index (χ2n) is 12.9. The number of sulfonamides is 1. The zero-order valence-corrected chi connectivity index (χ0v) is 24.9. The van der Waals surface area contributed by atoms with Crippen LogP contribution in [0.15, 0.2) is 59.5 Å². The fraction of sp³-hybridized carbons (Fsp3) is 0.515. The SMILES string of the molecule is O=C(O)C(Cc1ccc(C2C(=O)CC3(CCCC3)CC2=O)cc1)NC(=O)C1C2CCC(CC2)N1S(=O)(=O)c1ccccc1. The summed E-state index contributed by atoms with van der Waals surface area (Å²) in [7, 11) is -3.96. The number of benzene rings is 2. The van der Waals surface area contributed by atoms with Crippen LogP contribution in [0.1, 0.15) is 81.3 Å². The Morgan fingerprint density at radius 3 is 2.09 bits per heavy atom. The monoisotopic (exact) mass is 606 g/mol. The number of nitrogens with one attached hydrogen (secondary N) is 1. The lowest BCUT2D eigenvalue weighted by atomic mass is 9.66. The van der Waals surface area contributed by atoms with E-state index < -0.39 is 39.9 Å². The first-order chi connectivity index (χ1) is 20.6. The first-order valence-electron chi connectivity index (χ1n) is 15.3. The summed E-state index contributed by atoms with van der Waals surface area (Å²) < 4.78 is 28.6. The van der Waals surface area contributed by atoms with Crippen LogP contribution in [-0.2, 0) is 35.6 Å². The van der Waals surface area contributed by atoms with Gasteiger partial charge in [0.25, 0.3) is 0 Å². The number of carboxylic acids is 1. The Kier molecular flexibility index (Phi) is 8.02. The molecule has 2 atom stereocenters. The average Bonchev–Trinajstić information content (AvgIpc) is 3.44. The molecule has 7 rings (SSSR count). The van der Waals surface area contributed by atoms with Crippen molar-refractivity contribution in [3.05, 3.63) is 65.7 Å². The van der Waals surface area contributed by atoms with Gasteiger partial charge in [-0.3, -0.25) is 14.4 Å². The van der Waals surface area contributed by atoms with Gasteiger partial charge < -0.3 is 10.4 Å². The molecule has 2 bridgehead atoms. The molecule has 43 heavy (non-hydrogen) atoms. The summed E-state index contributed by atoms with van der Waals surface area (Å²) >= 11 is 0. The van der Waals surface area contributed by atoms with Crippen molar-refractivity contribution in [1.82, 2.24) is 9.62 Å². The van der Waals surface area contributed by atoms with Crippen molar-refractivity contribution in [2.75, 3.05) is 0 Å². The second-order valence-corrected chi connectivity index (χ2v) is 14.8. The maximum absolute atomic E-state index is 13.7. The molecule has 2 N–H and O–H groups in total. The molecule has 5 aliphatic rings. The van der Waals surface area contributed by atoms with Crippen LogP contribution in [0.25, 0.3) is 0 Å². The quantitative estimate of drug-likeness (QED) is 0.433. The van der Waals surface area contributed by atoms with E-state index in [2.05, 4.69) is 5.32 Å². The van der Waals surface area contributed by atoms with E-state index in [1.807, 2.05) is 0 Å². The Balaban J connectivity index is 1.17. The summed E-state index contributed by atoms with van der Waals surface area (Å²) in [5.41, 5.74) is 1.08. The lowest BCUT2D eigenvalue weighted by Gasteiger charge is -2.49. The highest BCUT2D eigenvalue weighted by Crippen LogP contribution is 2.49. The van der Waals surface area contributed by atoms with E-state index in [9.17, 15) is 32.7 Å². The third-order valence-corrected chi connectivity index (χ3v) is 12.1. The largest absolute Gasteiger partial charge is 0.480 e. The first kappa shape index (κ1) is 29.7. The van der Waals surface area contributed by atoms with Crippen LogP contribution in [0, 0.1) is 11.3 Å². The van der Waals surface area contributed by atoms with Crippen LogP contribution in [0.5, 0.6) is 0 Å². The van der Waals surface area contributed by atoms with Crippen molar-refractivity contribution in [1.29, 1.82) is 0 Å². The number of carbonyl (C=O) groups excluding carboxylic acids is 3. The van der Waals surface area contributed by atoms with Crippen molar-refractivity contribution in [2.24, 2.45) is 11.3 Å². The summed E-state index contributed by atoms with van der Waals surface area (Å²) in [5, 5.41) is 12.7. The lowest BCUT2D eigenvalue weighted by molar-refractivity contribution is -0.143. The zero-order valence-electron chi connectivity index (χ0n) is 24.1. The molecule has 2 unspecified atom stereocenters. The number of amides is 1. The Hall–Kier alpha value is -3.37. The number of ketones is 2. The highest BCUT2D eigenvalue weighted by atomic mass is 32.2. The number of Topliss-reactive ketones (excluding diaryl/α,β-unsaturated/α-hetero) is 2. The molecule has 0 radical (unpaired) electrons. The number of rotatable bonds is 8. The van der Waals surface area contributed by atoms with Crippen molar-refractivity contribution >= 4 is 33.5 Å². The summed E-state index contributed by atoms with van der Waals surface area (Å²) in [6, 6.07) is 12.3. The first-order valence-corrected chi connectivity index (χ1v) is 16.8.